The largest absolute Gasteiger partial charge is 0.454 e. The van der Waals surface area contributed by atoms with Crippen LogP contribution >= 0.6 is 15.9 Å². The number of aromatic nitrogens is 3. The first kappa shape index (κ1) is 24.2. The van der Waals surface area contributed by atoms with Crippen LogP contribution in [0.25, 0.3) is 21.8 Å². The van der Waals surface area contributed by atoms with Crippen molar-refractivity contribution in [2.75, 3.05) is 6.79 Å². The highest BCUT2D eigenvalue weighted by atomic mass is 79.9. The zero-order valence-corrected chi connectivity index (χ0v) is 22.9. The van der Waals surface area contributed by atoms with Crippen LogP contribution in [0.1, 0.15) is 55.0 Å². The van der Waals surface area contributed by atoms with Gasteiger partial charge in [0.15, 0.2) is 11.5 Å². The van der Waals surface area contributed by atoms with Gasteiger partial charge in [-0.1, -0.05) is 59.5 Å². The Bertz CT molecular complexity index is 1800. The van der Waals surface area contributed by atoms with E-state index in [4.69, 9.17) is 19.6 Å². The average Bonchev–Trinajstić information content (AvgIpc) is 3.58. The summed E-state index contributed by atoms with van der Waals surface area (Å²) in [6.45, 7) is 0.929. The van der Waals surface area contributed by atoms with E-state index in [0.29, 0.717) is 11.9 Å². The quantitative estimate of drug-likeness (QED) is 0.213. The Labute approximate surface area is 233 Å². The molecular weight excluding hydrogens is 556 g/mol. The molecule has 1 saturated carbocycles. The normalized spacial score (nSPS) is 15.6. The SMILES string of the molecule is O=c1c2cc(Br)ccc2nc(C2CCCCC2)n1N=Cc1cn(Cc2ccc3c(c2)OCO3)c2ccccc12. The van der Waals surface area contributed by atoms with Crippen LogP contribution in [0, 0.1) is 0 Å². The van der Waals surface area contributed by atoms with E-state index in [-0.39, 0.29) is 18.3 Å². The lowest BCUT2D eigenvalue weighted by Gasteiger charge is -2.22. The van der Waals surface area contributed by atoms with Gasteiger partial charge in [0.05, 0.1) is 17.1 Å². The fourth-order valence-electron chi connectivity index (χ4n) is 5.77. The number of nitrogens with zero attached hydrogens (tertiary/aromatic N) is 4. The van der Waals surface area contributed by atoms with Gasteiger partial charge in [-0.3, -0.25) is 4.79 Å². The first-order valence-electron chi connectivity index (χ1n) is 13.4. The Morgan fingerprint density at radius 1 is 0.974 bits per heavy atom. The van der Waals surface area contributed by atoms with Gasteiger partial charge in [-0.15, -0.1) is 0 Å². The third-order valence-corrected chi connectivity index (χ3v) is 8.22. The molecule has 196 valence electrons. The number of ether oxygens (including phenoxy) is 2. The molecule has 0 saturated heterocycles. The van der Waals surface area contributed by atoms with E-state index >= 15 is 0 Å². The fraction of sp³-hybridized carbons (Fsp3) is 0.258. The smallest absolute Gasteiger partial charge is 0.282 e. The minimum absolute atomic E-state index is 0.137. The molecule has 0 N–H and O–H groups in total. The zero-order valence-electron chi connectivity index (χ0n) is 21.3. The number of halogens is 1. The van der Waals surface area contributed by atoms with Gasteiger partial charge in [-0.05, 0) is 54.8 Å². The van der Waals surface area contributed by atoms with E-state index in [1.165, 1.54) is 11.1 Å². The maximum absolute atomic E-state index is 13.7. The summed E-state index contributed by atoms with van der Waals surface area (Å²) in [4.78, 5) is 18.7. The number of fused-ring (bicyclic) bond motifs is 3. The van der Waals surface area contributed by atoms with Crippen molar-refractivity contribution in [1.82, 2.24) is 14.2 Å². The Hall–Kier alpha value is -3.91. The summed E-state index contributed by atoms with van der Waals surface area (Å²) < 4.78 is 15.6. The summed E-state index contributed by atoms with van der Waals surface area (Å²) in [7, 11) is 0. The molecular formula is C31H27BrN4O3. The number of para-hydroxylation sites is 1. The maximum atomic E-state index is 13.7. The summed E-state index contributed by atoms with van der Waals surface area (Å²) in [5.74, 6) is 2.54. The lowest BCUT2D eigenvalue weighted by molar-refractivity contribution is 0.174. The standard InChI is InChI=1S/C31H27BrN4O3/c32-23-11-12-26-25(15-23)31(37)36(30(34-26)21-6-2-1-3-7-21)33-16-22-18-35(27-9-5-4-8-24(22)27)17-20-10-13-28-29(14-20)39-19-38-28/h4-5,8-16,18,21H,1-3,6-7,17,19H2. The second kappa shape index (κ2) is 10.0. The van der Waals surface area contributed by atoms with Crippen molar-refractivity contribution >= 4 is 44.0 Å². The van der Waals surface area contributed by atoms with Gasteiger partial charge in [0.2, 0.25) is 6.79 Å². The molecule has 1 aliphatic carbocycles. The van der Waals surface area contributed by atoms with Crippen LogP contribution in [0.15, 0.2) is 81.2 Å². The molecule has 0 amide bonds. The van der Waals surface area contributed by atoms with E-state index in [0.717, 1.165) is 75.0 Å². The highest BCUT2D eigenvalue weighted by molar-refractivity contribution is 9.10. The third-order valence-electron chi connectivity index (χ3n) is 7.73. The Balaban J connectivity index is 1.31. The molecule has 0 radical (unpaired) electrons. The third kappa shape index (κ3) is 4.52. The number of hydrogen-bond donors (Lipinski definition) is 0. The monoisotopic (exact) mass is 582 g/mol. The molecule has 39 heavy (non-hydrogen) atoms. The van der Waals surface area contributed by atoms with Crippen LogP contribution in [0.3, 0.4) is 0 Å². The summed E-state index contributed by atoms with van der Waals surface area (Å²) in [5, 5.41) is 6.44. The molecule has 7 rings (SSSR count). The molecule has 8 heteroatoms. The summed E-state index contributed by atoms with van der Waals surface area (Å²) in [6, 6.07) is 20.0. The molecule has 0 unspecified atom stereocenters. The van der Waals surface area contributed by atoms with Crippen molar-refractivity contribution < 1.29 is 9.47 Å². The van der Waals surface area contributed by atoms with Crippen molar-refractivity contribution in [2.45, 2.75) is 44.6 Å². The van der Waals surface area contributed by atoms with Gasteiger partial charge in [0.25, 0.3) is 5.56 Å². The van der Waals surface area contributed by atoms with E-state index in [2.05, 4.69) is 44.9 Å². The van der Waals surface area contributed by atoms with Gasteiger partial charge in [-0.2, -0.15) is 9.78 Å². The Morgan fingerprint density at radius 3 is 2.72 bits per heavy atom. The van der Waals surface area contributed by atoms with Crippen LogP contribution < -0.4 is 15.0 Å². The molecule has 2 aromatic heterocycles. The van der Waals surface area contributed by atoms with Crippen LogP contribution in [0.5, 0.6) is 11.5 Å². The summed E-state index contributed by atoms with van der Waals surface area (Å²) in [5.41, 5.74) is 3.74. The molecule has 3 heterocycles. The van der Waals surface area contributed by atoms with Crippen LogP contribution in [0.4, 0.5) is 0 Å². The van der Waals surface area contributed by atoms with Crippen molar-refractivity contribution in [3.63, 3.8) is 0 Å². The molecule has 0 bridgehead atoms. The predicted molar refractivity (Wildman–Crippen MR) is 156 cm³/mol. The van der Waals surface area contributed by atoms with E-state index in [9.17, 15) is 4.79 Å². The van der Waals surface area contributed by atoms with Gasteiger partial charge < -0.3 is 14.0 Å². The highest BCUT2D eigenvalue weighted by Crippen LogP contribution is 2.34. The zero-order chi connectivity index (χ0) is 26.3. The van der Waals surface area contributed by atoms with Gasteiger partial charge in [0.1, 0.15) is 5.82 Å². The average molecular weight is 583 g/mol. The van der Waals surface area contributed by atoms with Gasteiger partial charge in [0, 0.05) is 39.6 Å². The van der Waals surface area contributed by atoms with Crippen molar-refractivity contribution in [2.24, 2.45) is 5.10 Å². The molecule has 7 nitrogen and oxygen atoms in total. The predicted octanol–water partition coefficient (Wildman–Crippen LogP) is 6.82. The lowest BCUT2D eigenvalue weighted by atomic mass is 9.88. The van der Waals surface area contributed by atoms with Crippen molar-refractivity contribution in [3.05, 3.63) is 98.6 Å². The number of hydrogen-bond acceptors (Lipinski definition) is 5. The van der Waals surface area contributed by atoms with E-state index in [1.807, 2.05) is 42.5 Å². The first-order valence-corrected chi connectivity index (χ1v) is 14.2. The second-order valence-corrected chi connectivity index (χ2v) is 11.2. The Morgan fingerprint density at radius 2 is 1.82 bits per heavy atom. The number of rotatable bonds is 5. The topological polar surface area (TPSA) is 70.6 Å². The molecule has 1 aliphatic heterocycles. The molecule has 1 fully saturated rings. The minimum atomic E-state index is -0.137. The van der Waals surface area contributed by atoms with Crippen LogP contribution in [0.2, 0.25) is 0 Å². The van der Waals surface area contributed by atoms with Gasteiger partial charge in [-0.25, -0.2) is 4.98 Å². The minimum Gasteiger partial charge on any atom is -0.454 e. The maximum Gasteiger partial charge on any atom is 0.282 e. The molecule has 2 aliphatic rings. The molecule has 3 aromatic carbocycles. The lowest BCUT2D eigenvalue weighted by Crippen LogP contribution is -2.25. The van der Waals surface area contributed by atoms with Crippen molar-refractivity contribution in [3.8, 4) is 11.5 Å². The summed E-state index contributed by atoms with van der Waals surface area (Å²) >= 11 is 3.50. The van der Waals surface area contributed by atoms with Crippen molar-refractivity contribution in [1.29, 1.82) is 0 Å². The summed E-state index contributed by atoms with van der Waals surface area (Å²) in [6.07, 6.45) is 9.48. The highest BCUT2D eigenvalue weighted by Gasteiger charge is 2.23. The molecule has 0 spiro atoms. The second-order valence-electron chi connectivity index (χ2n) is 10.2. The van der Waals surface area contributed by atoms with E-state index in [1.54, 1.807) is 6.21 Å². The van der Waals surface area contributed by atoms with Gasteiger partial charge >= 0.3 is 0 Å². The van der Waals surface area contributed by atoms with Crippen LogP contribution in [-0.2, 0) is 6.54 Å². The van der Waals surface area contributed by atoms with Crippen LogP contribution in [-0.4, -0.2) is 27.2 Å². The Kier molecular flexibility index (Phi) is 6.19. The molecule has 0 atom stereocenters. The van der Waals surface area contributed by atoms with E-state index < -0.39 is 0 Å². The number of benzene rings is 3. The first-order chi connectivity index (χ1) is 19.1. The molecule has 5 aromatic rings. The fourth-order valence-corrected chi connectivity index (χ4v) is 6.13.